The summed E-state index contributed by atoms with van der Waals surface area (Å²) in [7, 11) is 3.37. The lowest BCUT2D eigenvalue weighted by atomic mass is 10.0. The number of rotatable bonds is 2. The second-order valence-electron chi connectivity index (χ2n) is 10.1. The molecule has 0 fully saturated rings. The predicted molar refractivity (Wildman–Crippen MR) is 160 cm³/mol. The van der Waals surface area contributed by atoms with Crippen molar-refractivity contribution in [3.05, 3.63) is 72.8 Å². The maximum absolute atomic E-state index is 6.30. The topological polar surface area (TPSA) is 62.7 Å². The lowest BCUT2D eigenvalue weighted by Crippen LogP contribution is -2.02. The zero-order valence-electron chi connectivity index (χ0n) is 23.1. The summed E-state index contributed by atoms with van der Waals surface area (Å²) in [5, 5.41) is 2.02. The Morgan fingerprint density at radius 2 is 0.950 bits per heavy atom. The van der Waals surface area contributed by atoms with Crippen LogP contribution in [0.2, 0.25) is 0 Å². The van der Waals surface area contributed by atoms with Crippen LogP contribution in [0.3, 0.4) is 0 Å². The first-order valence-corrected chi connectivity index (χ1v) is 14.1. The van der Waals surface area contributed by atoms with Crippen LogP contribution in [0.1, 0.15) is 38.5 Å². The smallest absolute Gasteiger partial charge is 0.132 e. The van der Waals surface area contributed by atoms with E-state index in [1.54, 1.807) is 14.2 Å². The van der Waals surface area contributed by atoms with Gasteiger partial charge in [-0.05, 0) is 49.2 Å². The first-order valence-electron chi connectivity index (χ1n) is 14.1. The predicted octanol–water partition coefficient (Wildman–Crippen LogP) is 8.25. The van der Waals surface area contributed by atoms with E-state index in [0.29, 0.717) is 13.2 Å². The number of ether oxygens (including phenoxy) is 4. The Morgan fingerprint density at radius 3 is 1.40 bits per heavy atom. The van der Waals surface area contributed by atoms with E-state index >= 15 is 0 Å². The van der Waals surface area contributed by atoms with Gasteiger partial charge in [-0.3, -0.25) is 0 Å². The van der Waals surface area contributed by atoms with Gasteiger partial charge in [-0.2, -0.15) is 0 Å². The molecule has 0 aliphatic carbocycles. The number of nitrogens with zero attached hydrogens (tertiary/aromatic N) is 2. The van der Waals surface area contributed by atoms with Crippen LogP contribution in [-0.2, 0) is 0 Å². The van der Waals surface area contributed by atoms with Gasteiger partial charge in [0, 0.05) is 10.8 Å². The maximum atomic E-state index is 6.30. The fourth-order valence-electron chi connectivity index (χ4n) is 5.43. The van der Waals surface area contributed by atoms with Crippen molar-refractivity contribution in [2.45, 2.75) is 38.5 Å². The average Bonchev–Trinajstić information content (AvgIpc) is 3.00. The second-order valence-corrected chi connectivity index (χ2v) is 10.1. The van der Waals surface area contributed by atoms with Crippen LogP contribution < -0.4 is 18.9 Å². The Bertz CT molecular complexity index is 1530. The lowest BCUT2D eigenvalue weighted by Gasteiger charge is -2.17. The highest BCUT2D eigenvalue weighted by molar-refractivity contribution is 6.04. The third kappa shape index (κ3) is 5.14. The fourth-order valence-corrected chi connectivity index (χ4v) is 5.43. The summed E-state index contributed by atoms with van der Waals surface area (Å²) in [6, 6.07) is 24.2. The van der Waals surface area contributed by atoms with Crippen molar-refractivity contribution < 1.29 is 18.9 Å². The Morgan fingerprint density at radius 1 is 0.525 bits per heavy atom. The molecule has 0 unspecified atom stereocenters. The zero-order chi connectivity index (χ0) is 27.3. The molecular formula is C34H34N2O4. The quantitative estimate of drug-likeness (QED) is 0.213. The van der Waals surface area contributed by atoms with Crippen LogP contribution >= 0.6 is 0 Å². The minimum Gasteiger partial charge on any atom is -0.496 e. The third-order valence-electron chi connectivity index (χ3n) is 7.50. The maximum Gasteiger partial charge on any atom is 0.132 e. The highest BCUT2D eigenvalue weighted by atomic mass is 16.5. The van der Waals surface area contributed by atoms with Crippen molar-refractivity contribution in [1.82, 2.24) is 9.97 Å². The number of methoxy groups -OCH3 is 2. The number of hydrogen-bond donors (Lipinski definition) is 0. The lowest BCUT2D eigenvalue weighted by molar-refractivity contribution is 0.296. The van der Waals surface area contributed by atoms with E-state index in [2.05, 4.69) is 24.3 Å². The van der Waals surface area contributed by atoms with Crippen LogP contribution in [0.4, 0.5) is 0 Å². The normalized spacial score (nSPS) is 14.3. The minimum atomic E-state index is 0.656. The Balaban J connectivity index is 1.56. The molecule has 0 N–H and O–H groups in total. The van der Waals surface area contributed by atoms with E-state index in [-0.39, 0.29) is 0 Å². The van der Waals surface area contributed by atoms with Crippen LogP contribution in [0, 0.1) is 0 Å². The first kappa shape index (κ1) is 25.9. The van der Waals surface area contributed by atoms with E-state index in [1.165, 1.54) is 12.8 Å². The summed E-state index contributed by atoms with van der Waals surface area (Å²) >= 11 is 0. The largest absolute Gasteiger partial charge is 0.496 e. The van der Waals surface area contributed by atoms with Crippen LogP contribution in [0.25, 0.3) is 44.3 Å². The standard InChI is InChI=1S/C34H34N2O4/c1-37-27-11-9-13-29-31(27)25-19-17-23-15-16-24-18-20-26(36-34(24)33(23)35-25)32-28(38-2)12-10-14-30(32)40-22-8-6-4-3-5-7-21-39-29/h9-20H,3-8,21-22H2,1-2H3. The van der Waals surface area contributed by atoms with Gasteiger partial charge in [0.2, 0.25) is 0 Å². The van der Waals surface area contributed by atoms with Gasteiger partial charge < -0.3 is 18.9 Å². The molecule has 3 heterocycles. The molecule has 3 aromatic carbocycles. The molecule has 40 heavy (non-hydrogen) atoms. The summed E-state index contributed by atoms with van der Waals surface area (Å²) in [6.07, 6.45) is 6.63. The van der Waals surface area contributed by atoms with Gasteiger partial charge in [-0.25, -0.2) is 9.97 Å². The van der Waals surface area contributed by atoms with E-state index in [1.807, 2.05) is 48.5 Å². The van der Waals surface area contributed by atoms with E-state index in [0.717, 1.165) is 93.0 Å². The molecule has 5 aromatic rings. The molecule has 2 aromatic heterocycles. The molecule has 0 saturated carbocycles. The van der Waals surface area contributed by atoms with E-state index < -0.39 is 0 Å². The SMILES string of the molecule is COc1cccc2c1-c1ccc3ccc4ccc(nc4c3n1)-c1c(OC)cccc1OCCCCCCCCO2. The molecule has 0 atom stereocenters. The highest BCUT2D eigenvalue weighted by Crippen LogP contribution is 2.41. The summed E-state index contributed by atoms with van der Waals surface area (Å²) in [5.74, 6) is 3.03. The molecule has 0 spiro atoms. The van der Waals surface area contributed by atoms with E-state index in [4.69, 9.17) is 28.9 Å². The average molecular weight is 535 g/mol. The first-order chi connectivity index (χ1) is 19.8. The van der Waals surface area contributed by atoms with Crippen molar-refractivity contribution in [1.29, 1.82) is 0 Å². The van der Waals surface area contributed by atoms with Gasteiger partial charge >= 0.3 is 0 Å². The summed E-state index contributed by atoms with van der Waals surface area (Å²) in [4.78, 5) is 10.3. The summed E-state index contributed by atoms with van der Waals surface area (Å²) in [5.41, 5.74) is 4.93. The van der Waals surface area contributed by atoms with Crippen molar-refractivity contribution in [3.63, 3.8) is 0 Å². The molecular weight excluding hydrogens is 500 g/mol. The summed E-state index contributed by atoms with van der Waals surface area (Å²) < 4.78 is 24.1. The monoisotopic (exact) mass is 534 g/mol. The number of fused-ring (bicyclic) bond motifs is 6. The van der Waals surface area contributed by atoms with Crippen LogP contribution in [0.5, 0.6) is 23.0 Å². The zero-order valence-corrected chi connectivity index (χ0v) is 23.1. The molecule has 0 radical (unpaired) electrons. The van der Waals surface area contributed by atoms with Crippen molar-refractivity contribution in [2.24, 2.45) is 0 Å². The Labute approximate surface area is 234 Å². The Hall–Kier alpha value is -4.32. The molecule has 0 amide bonds. The van der Waals surface area contributed by atoms with Gasteiger partial charge in [-0.15, -0.1) is 0 Å². The summed E-state index contributed by atoms with van der Waals surface area (Å²) in [6.45, 7) is 1.31. The Kier molecular flexibility index (Phi) is 7.67. The molecule has 6 rings (SSSR count). The van der Waals surface area contributed by atoms with Crippen molar-refractivity contribution in [2.75, 3.05) is 27.4 Å². The number of benzene rings is 3. The van der Waals surface area contributed by atoms with Gasteiger partial charge in [-0.1, -0.05) is 62.1 Å². The van der Waals surface area contributed by atoms with Gasteiger partial charge in [0.25, 0.3) is 0 Å². The molecule has 4 bridgehead atoms. The van der Waals surface area contributed by atoms with Gasteiger partial charge in [0.1, 0.15) is 23.0 Å². The van der Waals surface area contributed by atoms with Crippen molar-refractivity contribution in [3.8, 4) is 45.5 Å². The highest BCUT2D eigenvalue weighted by Gasteiger charge is 2.18. The van der Waals surface area contributed by atoms with Crippen molar-refractivity contribution >= 4 is 21.8 Å². The van der Waals surface area contributed by atoms with Crippen LogP contribution in [0.15, 0.2) is 72.8 Å². The minimum absolute atomic E-state index is 0.656. The third-order valence-corrected chi connectivity index (χ3v) is 7.50. The van der Waals surface area contributed by atoms with Crippen LogP contribution in [-0.4, -0.2) is 37.4 Å². The molecule has 1 aliphatic heterocycles. The molecule has 0 saturated heterocycles. The van der Waals surface area contributed by atoms with Gasteiger partial charge in [0.15, 0.2) is 0 Å². The number of pyridine rings is 2. The second kappa shape index (κ2) is 11.8. The van der Waals surface area contributed by atoms with E-state index in [9.17, 15) is 0 Å². The van der Waals surface area contributed by atoms with Gasteiger partial charge in [0.05, 0.1) is 61.0 Å². The fraction of sp³-hybridized carbons (Fsp3) is 0.294. The number of aromatic nitrogens is 2. The molecule has 1 aliphatic rings. The molecule has 6 nitrogen and oxygen atoms in total. The molecule has 6 heteroatoms. The molecule has 204 valence electrons. The number of hydrogen-bond acceptors (Lipinski definition) is 6.